The second-order valence-corrected chi connectivity index (χ2v) is 5.83. The molecule has 7 heteroatoms. The van der Waals surface area contributed by atoms with Crippen molar-refractivity contribution < 1.29 is 29.2 Å². The molecular formula is C18H25NO6. The topological polar surface area (TPSA) is 97.2 Å². The van der Waals surface area contributed by atoms with Gasteiger partial charge in [0.2, 0.25) is 5.91 Å². The highest BCUT2D eigenvalue weighted by atomic mass is 16.7. The maximum absolute atomic E-state index is 11.6. The quantitative estimate of drug-likeness (QED) is 0.585. The Hall–Kier alpha value is -1.77. The number of carbonyl (C=O) groups excluding carboxylic acids is 1. The van der Waals surface area contributed by atoms with Crippen LogP contribution < -0.4 is 5.32 Å². The van der Waals surface area contributed by atoms with E-state index in [1.54, 1.807) is 6.08 Å². The zero-order chi connectivity index (χ0) is 18.2. The number of amides is 1. The molecule has 1 fully saturated rings. The average molecular weight is 351 g/mol. The van der Waals surface area contributed by atoms with E-state index >= 15 is 0 Å². The van der Waals surface area contributed by atoms with Gasteiger partial charge in [-0.05, 0) is 5.56 Å². The number of carbonyl (C=O) groups is 1. The summed E-state index contributed by atoms with van der Waals surface area (Å²) in [5, 5.41) is 22.6. The number of aliphatic hydroxyl groups is 2. The van der Waals surface area contributed by atoms with Crippen LogP contribution in [-0.4, -0.2) is 60.0 Å². The van der Waals surface area contributed by atoms with E-state index in [9.17, 15) is 15.0 Å². The first-order valence-corrected chi connectivity index (χ1v) is 8.16. The molecular weight excluding hydrogens is 326 g/mol. The lowest BCUT2D eigenvalue weighted by molar-refractivity contribution is -0.278. The average Bonchev–Trinajstić information content (AvgIpc) is 2.61. The van der Waals surface area contributed by atoms with Crippen molar-refractivity contribution in [1.82, 2.24) is 5.32 Å². The number of ether oxygens (including phenoxy) is 3. The molecule has 0 saturated carbocycles. The number of hydrogen-bond donors (Lipinski definition) is 3. The third-order valence-electron chi connectivity index (χ3n) is 3.89. The summed E-state index contributed by atoms with van der Waals surface area (Å²) >= 11 is 0. The van der Waals surface area contributed by atoms with Crippen LogP contribution in [0.1, 0.15) is 12.5 Å². The molecule has 138 valence electrons. The Kier molecular flexibility index (Phi) is 7.54. The van der Waals surface area contributed by atoms with Gasteiger partial charge in [0.15, 0.2) is 6.29 Å². The first-order valence-electron chi connectivity index (χ1n) is 8.16. The predicted molar refractivity (Wildman–Crippen MR) is 90.5 cm³/mol. The molecule has 1 aromatic rings. The van der Waals surface area contributed by atoms with Gasteiger partial charge in [0.05, 0.1) is 19.8 Å². The van der Waals surface area contributed by atoms with Crippen LogP contribution in [0.2, 0.25) is 0 Å². The Morgan fingerprint density at radius 2 is 2.08 bits per heavy atom. The van der Waals surface area contributed by atoms with E-state index < -0.39 is 37.3 Å². The van der Waals surface area contributed by atoms with Gasteiger partial charge >= 0.3 is 0 Å². The second kappa shape index (κ2) is 9.65. The van der Waals surface area contributed by atoms with Crippen molar-refractivity contribution in [3.63, 3.8) is 0 Å². The van der Waals surface area contributed by atoms with Gasteiger partial charge in [-0.15, -0.1) is 6.58 Å². The first-order chi connectivity index (χ1) is 12.1. The molecule has 2 rings (SSSR count). The predicted octanol–water partition coefficient (Wildman–Crippen LogP) is 0.357. The molecule has 0 bridgehead atoms. The number of rotatable bonds is 8. The lowest BCUT2D eigenvalue weighted by atomic mass is 9.96. The maximum atomic E-state index is 11.6. The summed E-state index contributed by atoms with van der Waals surface area (Å²) in [6.45, 7) is 4.99. The summed E-state index contributed by atoms with van der Waals surface area (Å²) in [6, 6.07) is 8.77. The van der Waals surface area contributed by atoms with Gasteiger partial charge in [-0.2, -0.15) is 0 Å². The molecule has 25 heavy (non-hydrogen) atoms. The third kappa shape index (κ3) is 5.35. The fourth-order valence-corrected chi connectivity index (χ4v) is 2.73. The Labute approximate surface area is 147 Å². The fraction of sp³-hybridized carbons (Fsp3) is 0.500. The van der Waals surface area contributed by atoms with Gasteiger partial charge in [-0.25, -0.2) is 0 Å². The summed E-state index contributed by atoms with van der Waals surface area (Å²) in [4.78, 5) is 11.6. The van der Waals surface area contributed by atoms with Crippen molar-refractivity contribution in [2.24, 2.45) is 0 Å². The standard InChI is InChI=1S/C18H25NO6/c1-3-9-23-17-15(19-12(2)21)18(25-14(10-20)16(17)22)24-11-13-7-5-4-6-8-13/h3-8,14-18,20,22H,1,9-11H2,2H3,(H,19,21)/t14-,15+,16-,17-,18+/m1/s1. The summed E-state index contributed by atoms with van der Waals surface area (Å²) in [6.07, 6.45) is -2.12. The van der Waals surface area contributed by atoms with Crippen molar-refractivity contribution >= 4 is 5.91 Å². The van der Waals surface area contributed by atoms with E-state index in [1.165, 1.54) is 6.92 Å². The van der Waals surface area contributed by atoms with Gasteiger partial charge in [-0.3, -0.25) is 4.79 Å². The minimum Gasteiger partial charge on any atom is -0.394 e. The first kappa shape index (κ1) is 19.6. The minimum absolute atomic E-state index is 0.182. The molecule has 0 aromatic heterocycles. The van der Waals surface area contributed by atoms with Crippen molar-refractivity contribution in [1.29, 1.82) is 0 Å². The van der Waals surface area contributed by atoms with Crippen LogP contribution >= 0.6 is 0 Å². The zero-order valence-corrected chi connectivity index (χ0v) is 14.2. The SMILES string of the molecule is C=CCO[C@H]1[C@H](O)[C@@H](CO)O[C@H](OCc2ccccc2)[C@H]1NC(C)=O. The van der Waals surface area contributed by atoms with Crippen LogP contribution in [0.3, 0.4) is 0 Å². The number of benzene rings is 1. The Balaban J connectivity index is 2.16. The summed E-state index contributed by atoms with van der Waals surface area (Å²) in [5.74, 6) is -0.302. The molecule has 7 nitrogen and oxygen atoms in total. The highest BCUT2D eigenvalue weighted by Crippen LogP contribution is 2.25. The van der Waals surface area contributed by atoms with Gasteiger partial charge in [0, 0.05) is 6.92 Å². The van der Waals surface area contributed by atoms with Crippen molar-refractivity contribution in [2.75, 3.05) is 13.2 Å². The van der Waals surface area contributed by atoms with E-state index in [0.717, 1.165) is 5.56 Å². The molecule has 1 saturated heterocycles. The summed E-state index contributed by atoms with van der Waals surface area (Å²) in [5.41, 5.74) is 0.933. The van der Waals surface area contributed by atoms with E-state index in [2.05, 4.69) is 11.9 Å². The van der Waals surface area contributed by atoms with Crippen molar-refractivity contribution in [3.05, 3.63) is 48.6 Å². The smallest absolute Gasteiger partial charge is 0.217 e. The molecule has 0 spiro atoms. The summed E-state index contributed by atoms with van der Waals surface area (Å²) in [7, 11) is 0. The molecule has 0 aliphatic carbocycles. The molecule has 0 unspecified atom stereocenters. The number of aliphatic hydroxyl groups excluding tert-OH is 2. The van der Waals surface area contributed by atoms with E-state index in [4.69, 9.17) is 14.2 Å². The van der Waals surface area contributed by atoms with Crippen molar-refractivity contribution in [3.8, 4) is 0 Å². The monoisotopic (exact) mass is 351 g/mol. The number of nitrogens with one attached hydrogen (secondary N) is 1. The van der Waals surface area contributed by atoms with E-state index in [1.807, 2.05) is 30.3 Å². The van der Waals surface area contributed by atoms with Gasteiger partial charge in [0.25, 0.3) is 0 Å². The van der Waals surface area contributed by atoms with Crippen LogP contribution in [0.4, 0.5) is 0 Å². The maximum Gasteiger partial charge on any atom is 0.217 e. The minimum atomic E-state index is -1.11. The van der Waals surface area contributed by atoms with Crippen LogP contribution in [0.5, 0.6) is 0 Å². The zero-order valence-electron chi connectivity index (χ0n) is 14.2. The molecule has 1 aliphatic rings. The molecule has 0 radical (unpaired) electrons. The van der Waals surface area contributed by atoms with E-state index in [-0.39, 0.29) is 19.1 Å². The fourth-order valence-electron chi connectivity index (χ4n) is 2.73. The van der Waals surface area contributed by atoms with Crippen LogP contribution in [-0.2, 0) is 25.6 Å². The molecule has 1 heterocycles. The molecule has 1 aliphatic heterocycles. The Morgan fingerprint density at radius 1 is 1.36 bits per heavy atom. The van der Waals surface area contributed by atoms with Gasteiger partial charge in [0.1, 0.15) is 24.4 Å². The van der Waals surface area contributed by atoms with Crippen molar-refractivity contribution in [2.45, 2.75) is 44.2 Å². The summed E-state index contributed by atoms with van der Waals surface area (Å²) < 4.78 is 17.1. The van der Waals surface area contributed by atoms with Gasteiger partial charge < -0.3 is 29.7 Å². The lowest BCUT2D eigenvalue weighted by Crippen LogP contribution is -2.65. The number of hydrogen-bond acceptors (Lipinski definition) is 6. The van der Waals surface area contributed by atoms with Crippen LogP contribution in [0.25, 0.3) is 0 Å². The van der Waals surface area contributed by atoms with E-state index in [0.29, 0.717) is 0 Å². The molecule has 1 aromatic carbocycles. The second-order valence-electron chi connectivity index (χ2n) is 5.83. The molecule has 5 atom stereocenters. The molecule has 3 N–H and O–H groups in total. The normalized spacial score (nSPS) is 29.2. The highest BCUT2D eigenvalue weighted by molar-refractivity contribution is 5.73. The van der Waals surface area contributed by atoms with Crippen LogP contribution in [0.15, 0.2) is 43.0 Å². The van der Waals surface area contributed by atoms with Crippen LogP contribution in [0, 0.1) is 0 Å². The lowest BCUT2D eigenvalue weighted by Gasteiger charge is -2.44. The Morgan fingerprint density at radius 3 is 2.68 bits per heavy atom. The highest BCUT2D eigenvalue weighted by Gasteiger charge is 2.46. The third-order valence-corrected chi connectivity index (χ3v) is 3.89. The van der Waals surface area contributed by atoms with Gasteiger partial charge in [-0.1, -0.05) is 36.4 Å². The largest absolute Gasteiger partial charge is 0.394 e. The molecule has 1 amide bonds. The Bertz CT molecular complexity index is 552.